The van der Waals surface area contributed by atoms with Crippen LogP contribution in [0.2, 0.25) is 0 Å². The van der Waals surface area contributed by atoms with E-state index in [-0.39, 0.29) is 5.91 Å². The molecule has 1 saturated carbocycles. The second-order valence-corrected chi connectivity index (χ2v) is 7.51. The fourth-order valence-corrected chi connectivity index (χ4v) is 3.52. The van der Waals surface area contributed by atoms with Gasteiger partial charge in [0.1, 0.15) is 5.75 Å². The SMILES string of the molecule is O=C(c1ccncc1)N(Cc1ccc(OCC2CC=CCC2)cc1)C1CC1. The minimum Gasteiger partial charge on any atom is -0.493 e. The maximum absolute atomic E-state index is 12.8. The molecule has 4 nitrogen and oxygen atoms in total. The van der Waals surface area contributed by atoms with Crippen LogP contribution in [-0.2, 0) is 6.54 Å². The van der Waals surface area contributed by atoms with Crippen LogP contribution in [0.3, 0.4) is 0 Å². The van der Waals surface area contributed by atoms with E-state index in [9.17, 15) is 4.79 Å². The van der Waals surface area contributed by atoms with E-state index in [1.54, 1.807) is 24.5 Å². The van der Waals surface area contributed by atoms with Crippen LogP contribution < -0.4 is 4.74 Å². The molecule has 0 spiro atoms. The van der Waals surface area contributed by atoms with Gasteiger partial charge in [-0.1, -0.05) is 24.3 Å². The highest BCUT2D eigenvalue weighted by Gasteiger charge is 2.33. The van der Waals surface area contributed by atoms with E-state index in [4.69, 9.17) is 4.74 Å². The number of carbonyl (C=O) groups excluding carboxylic acids is 1. The van der Waals surface area contributed by atoms with E-state index in [2.05, 4.69) is 29.3 Å². The first-order valence-corrected chi connectivity index (χ1v) is 9.87. The van der Waals surface area contributed by atoms with Crippen molar-refractivity contribution in [2.75, 3.05) is 6.61 Å². The van der Waals surface area contributed by atoms with Crippen LogP contribution in [0.15, 0.2) is 60.9 Å². The summed E-state index contributed by atoms with van der Waals surface area (Å²) in [7, 11) is 0. The Labute approximate surface area is 160 Å². The number of benzene rings is 1. The van der Waals surface area contributed by atoms with Crippen LogP contribution in [0, 0.1) is 5.92 Å². The van der Waals surface area contributed by atoms with Gasteiger partial charge in [0.05, 0.1) is 6.61 Å². The van der Waals surface area contributed by atoms with Gasteiger partial charge >= 0.3 is 0 Å². The highest BCUT2D eigenvalue weighted by molar-refractivity contribution is 5.94. The third kappa shape index (κ3) is 4.76. The Morgan fingerprint density at radius 1 is 1.04 bits per heavy atom. The molecule has 140 valence electrons. The number of rotatable bonds is 7. The molecule has 1 amide bonds. The Hall–Kier alpha value is -2.62. The van der Waals surface area contributed by atoms with Gasteiger partial charge in [-0.3, -0.25) is 9.78 Å². The van der Waals surface area contributed by atoms with Crippen molar-refractivity contribution >= 4 is 5.91 Å². The molecule has 1 fully saturated rings. The number of hydrogen-bond donors (Lipinski definition) is 0. The summed E-state index contributed by atoms with van der Waals surface area (Å²) in [5.74, 6) is 1.62. The summed E-state index contributed by atoms with van der Waals surface area (Å²) in [6.07, 6.45) is 13.5. The first-order chi connectivity index (χ1) is 13.3. The molecular formula is C23H26N2O2. The van der Waals surface area contributed by atoms with E-state index in [0.29, 0.717) is 24.1 Å². The lowest BCUT2D eigenvalue weighted by Gasteiger charge is -2.23. The smallest absolute Gasteiger partial charge is 0.254 e. The molecule has 1 heterocycles. The van der Waals surface area contributed by atoms with Crippen molar-refractivity contribution in [2.45, 2.75) is 44.7 Å². The highest BCUT2D eigenvalue weighted by atomic mass is 16.5. The van der Waals surface area contributed by atoms with Gasteiger partial charge in [0.2, 0.25) is 0 Å². The van der Waals surface area contributed by atoms with Gasteiger partial charge in [-0.2, -0.15) is 0 Å². The van der Waals surface area contributed by atoms with Crippen molar-refractivity contribution in [1.82, 2.24) is 9.88 Å². The van der Waals surface area contributed by atoms with Gasteiger partial charge in [0.25, 0.3) is 5.91 Å². The molecule has 0 radical (unpaired) electrons. The zero-order valence-corrected chi connectivity index (χ0v) is 15.6. The Morgan fingerprint density at radius 3 is 2.48 bits per heavy atom. The molecule has 2 aliphatic rings. The van der Waals surface area contributed by atoms with Gasteiger partial charge in [-0.05, 0) is 67.9 Å². The Bertz CT molecular complexity index is 782. The van der Waals surface area contributed by atoms with Crippen LogP contribution in [0.4, 0.5) is 0 Å². The van der Waals surface area contributed by atoms with Gasteiger partial charge < -0.3 is 9.64 Å². The molecule has 0 bridgehead atoms. The molecular weight excluding hydrogens is 336 g/mol. The Kier molecular flexibility index (Phi) is 5.52. The summed E-state index contributed by atoms with van der Waals surface area (Å²) in [6, 6.07) is 12.1. The fourth-order valence-electron chi connectivity index (χ4n) is 3.52. The number of nitrogens with zero attached hydrogens (tertiary/aromatic N) is 2. The lowest BCUT2D eigenvalue weighted by atomic mass is 9.95. The maximum atomic E-state index is 12.8. The molecule has 1 atom stereocenters. The van der Waals surface area contributed by atoms with Crippen molar-refractivity contribution in [1.29, 1.82) is 0 Å². The first-order valence-electron chi connectivity index (χ1n) is 9.87. The lowest BCUT2D eigenvalue weighted by molar-refractivity contribution is 0.0730. The zero-order chi connectivity index (χ0) is 18.5. The average Bonchev–Trinajstić information content (AvgIpc) is 3.57. The van der Waals surface area contributed by atoms with E-state index in [1.807, 2.05) is 17.0 Å². The van der Waals surface area contributed by atoms with Crippen molar-refractivity contribution in [3.05, 3.63) is 72.1 Å². The Balaban J connectivity index is 1.36. The van der Waals surface area contributed by atoms with Crippen LogP contribution in [-0.4, -0.2) is 28.4 Å². The van der Waals surface area contributed by atoms with Gasteiger partial charge in [-0.15, -0.1) is 0 Å². The first kappa shape index (κ1) is 17.8. The van der Waals surface area contributed by atoms with Crippen LogP contribution >= 0.6 is 0 Å². The molecule has 27 heavy (non-hydrogen) atoms. The van der Waals surface area contributed by atoms with Crippen molar-refractivity contribution in [3.8, 4) is 5.75 Å². The van der Waals surface area contributed by atoms with Crippen molar-refractivity contribution in [3.63, 3.8) is 0 Å². The monoisotopic (exact) mass is 362 g/mol. The third-order valence-electron chi connectivity index (χ3n) is 5.32. The number of carbonyl (C=O) groups is 1. The van der Waals surface area contributed by atoms with E-state index in [1.165, 1.54) is 6.42 Å². The summed E-state index contributed by atoms with van der Waals surface area (Å²) in [5.41, 5.74) is 1.84. The largest absolute Gasteiger partial charge is 0.493 e. The molecule has 2 aromatic rings. The molecule has 0 N–H and O–H groups in total. The number of allylic oxidation sites excluding steroid dienone is 2. The third-order valence-corrected chi connectivity index (χ3v) is 5.32. The Morgan fingerprint density at radius 2 is 1.81 bits per heavy atom. The summed E-state index contributed by atoms with van der Waals surface area (Å²) < 4.78 is 5.96. The van der Waals surface area contributed by atoms with E-state index in [0.717, 1.165) is 43.6 Å². The predicted octanol–water partition coefficient (Wildman–Crippen LogP) is 4.62. The minimum atomic E-state index is 0.0885. The molecule has 1 unspecified atom stereocenters. The zero-order valence-electron chi connectivity index (χ0n) is 15.6. The number of aromatic nitrogens is 1. The number of ether oxygens (including phenoxy) is 1. The highest BCUT2D eigenvalue weighted by Crippen LogP contribution is 2.30. The average molecular weight is 362 g/mol. The van der Waals surface area contributed by atoms with E-state index >= 15 is 0 Å². The molecule has 4 heteroatoms. The van der Waals surface area contributed by atoms with Gasteiger partial charge in [-0.25, -0.2) is 0 Å². The topological polar surface area (TPSA) is 42.4 Å². The fraction of sp³-hybridized carbons (Fsp3) is 0.391. The molecule has 1 aromatic carbocycles. The minimum absolute atomic E-state index is 0.0885. The predicted molar refractivity (Wildman–Crippen MR) is 106 cm³/mol. The summed E-state index contributed by atoms with van der Waals surface area (Å²) in [5, 5.41) is 0. The maximum Gasteiger partial charge on any atom is 0.254 e. The lowest BCUT2D eigenvalue weighted by Crippen LogP contribution is -2.32. The number of pyridine rings is 1. The standard InChI is InChI=1S/C23H26N2O2/c26-23(20-12-14-24-15-13-20)25(21-8-9-21)16-18-6-10-22(11-7-18)27-17-19-4-2-1-3-5-19/h1-2,6-7,10-15,19,21H,3-5,8-9,16-17H2. The van der Waals surface area contributed by atoms with Gasteiger partial charge in [0, 0.05) is 30.5 Å². The van der Waals surface area contributed by atoms with Crippen molar-refractivity contribution in [2.24, 2.45) is 5.92 Å². The molecule has 1 aromatic heterocycles. The molecule has 2 aliphatic carbocycles. The molecule has 0 saturated heterocycles. The quantitative estimate of drug-likeness (QED) is 0.675. The number of hydrogen-bond acceptors (Lipinski definition) is 3. The van der Waals surface area contributed by atoms with Crippen LogP contribution in [0.1, 0.15) is 48.0 Å². The normalized spacial score (nSPS) is 18.9. The summed E-state index contributed by atoms with van der Waals surface area (Å²) >= 11 is 0. The van der Waals surface area contributed by atoms with Crippen LogP contribution in [0.5, 0.6) is 5.75 Å². The van der Waals surface area contributed by atoms with E-state index < -0.39 is 0 Å². The van der Waals surface area contributed by atoms with Crippen molar-refractivity contribution < 1.29 is 9.53 Å². The molecule has 4 rings (SSSR count). The van der Waals surface area contributed by atoms with Gasteiger partial charge in [0.15, 0.2) is 0 Å². The summed E-state index contributed by atoms with van der Waals surface area (Å²) in [6.45, 7) is 1.41. The van der Waals surface area contributed by atoms with Crippen LogP contribution in [0.25, 0.3) is 0 Å². The summed E-state index contributed by atoms with van der Waals surface area (Å²) in [4.78, 5) is 18.8. The second-order valence-electron chi connectivity index (χ2n) is 7.51. The molecule has 0 aliphatic heterocycles. The number of amides is 1. The second kappa shape index (κ2) is 8.38.